The summed E-state index contributed by atoms with van der Waals surface area (Å²) in [4.78, 5) is 28.5. The van der Waals surface area contributed by atoms with E-state index in [1.54, 1.807) is 12.3 Å². The number of fused-ring (bicyclic) bond motifs is 1. The van der Waals surface area contributed by atoms with Gasteiger partial charge in [-0.15, -0.1) is 0 Å². The lowest BCUT2D eigenvalue weighted by Gasteiger charge is -2.17. The van der Waals surface area contributed by atoms with Crippen LogP contribution in [-0.2, 0) is 18.4 Å². The highest BCUT2D eigenvalue weighted by molar-refractivity contribution is 6.37. The number of hydrogen-bond donors (Lipinski definition) is 3. The molecule has 4 aromatic rings. The van der Waals surface area contributed by atoms with Crippen molar-refractivity contribution >= 4 is 34.2 Å². The summed E-state index contributed by atoms with van der Waals surface area (Å²) in [7, 11) is 1.93. The minimum absolute atomic E-state index is 0.0939. The molecular weight excluding hydrogens is 444 g/mol. The van der Waals surface area contributed by atoms with Crippen molar-refractivity contribution in [3.63, 3.8) is 0 Å². The Labute approximate surface area is 201 Å². The van der Waals surface area contributed by atoms with Crippen LogP contribution in [0.2, 0.25) is 0 Å². The third kappa shape index (κ3) is 4.04. The maximum Gasteiger partial charge on any atom is 0.270 e. The largest absolute Gasteiger partial charge is 0.354 e. The molecule has 0 spiro atoms. The van der Waals surface area contributed by atoms with E-state index < -0.39 is 4.92 Å². The zero-order valence-corrected chi connectivity index (χ0v) is 18.9. The predicted molar refractivity (Wildman–Crippen MR) is 135 cm³/mol. The van der Waals surface area contributed by atoms with Crippen molar-refractivity contribution in [2.24, 2.45) is 12.8 Å². The van der Waals surface area contributed by atoms with E-state index in [4.69, 9.17) is 5.73 Å². The van der Waals surface area contributed by atoms with Crippen molar-refractivity contribution in [3.8, 4) is 11.4 Å². The number of carbonyl (C=O) groups excluding carboxylic acids is 1. The first-order valence-corrected chi connectivity index (χ1v) is 10.9. The molecule has 1 amide bonds. The fraction of sp³-hybridized carbons (Fsp3) is 0.0769. The molecule has 9 heteroatoms. The first-order chi connectivity index (χ1) is 17.0. The van der Waals surface area contributed by atoms with Crippen LogP contribution >= 0.6 is 0 Å². The molecule has 0 aliphatic carbocycles. The van der Waals surface area contributed by atoms with Gasteiger partial charge in [-0.25, -0.2) is 4.98 Å². The number of nitro groups is 1. The fourth-order valence-electron chi connectivity index (χ4n) is 4.21. The van der Waals surface area contributed by atoms with E-state index in [-0.39, 0.29) is 18.1 Å². The standard InChI is InChI=1S/C26H22N6O3/c1-31-13-12-28-25(31)16-6-8-18(9-7-16)29-24(20-5-3-2-4-17(20)15-27)23-21-14-19(32(34)35)10-11-22(21)30-26(23)33/h2-14,29H,15,27H2,1H3,(H,30,33)/b24-23-. The van der Waals surface area contributed by atoms with Crippen LogP contribution in [0.4, 0.5) is 17.1 Å². The number of hydrogen-bond acceptors (Lipinski definition) is 6. The monoisotopic (exact) mass is 466 g/mol. The number of rotatable bonds is 6. The van der Waals surface area contributed by atoms with Crippen molar-refractivity contribution in [2.75, 3.05) is 10.6 Å². The van der Waals surface area contributed by atoms with Crippen LogP contribution in [0.1, 0.15) is 16.7 Å². The molecule has 0 unspecified atom stereocenters. The van der Waals surface area contributed by atoms with E-state index in [9.17, 15) is 14.9 Å². The molecule has 0 bridgehead atoms. The minimum atomic E-state index is -0.474. The number of nitrogens with zero attached hydrogens (tertiary/aromatic N) is 3. The average Bonchev–Trinajstić information content (AvgIpc) is 3.44. The SMILES string of the molecule is Cn1ccnc1-c1ccc(N/C(=C2\C(=O)Nc3ccc([N+](=O)[O-])cc32)c2ccccc2CN)cc1. The topological polar surface area (TPSA) is 128 Å². The van der Waals surface area contributed by atoms with Crippen molar-refractivity contribution in [1.29, 1.82) is 0 Å². The number of aryl methyl sites for hydroxylation is 1. The lowest BCUT2D eigenvalue weighted by Crippen LogP contribution is -2.12. The number of nitro benzene ring substituents is 1. The predicted octanol–water partition coefficient (Wildman–Crippen LogP) is 4.39. The molecule has 1 aliphatic heterocycles. The molecule has 9 nitrogen and oxygen atoms in total. The van der Waals surface area contributed by atoms with Gasteiger partial charge in [0.05, 0.1) is 16.2 Å². The van der Waals surface area contributed by atoms with Crippen LogP contribution in [0.15, 0.2) is 79.1 Å². The number of nitrogens with one attached hydrogen (secondary N) is 2. The third-order valence-electron chi connectivity index (χ3n) is 5.95. The summed E-state index contributed by atoms with van der Waals surface area (Å²) in [6.07, 6.45) is 3.62. The Morgan fingerprint density at radius 1 is 1.14 bits per heavy atom. The van der Waals surface area contributed by atoms with Crippen LogP contribution in [0.25, 0.3) is 22.7 Å². The van der Waals surface area contributed by atoms with E-state index in [2.05, 4.69) is 15.6 Å². The molecular formula is C26H22N6O3. The molecule has 0 saturated carbocycles. The molecule has 1 aromatic heterocycles. The zero-order chi connectivity index (χ0) is 24.5. The van der Waals surface area contributed by atoms with Gasteiger partial charge in [-0.1, -0.05) is 24.3 Å². The molecule has 0 saturated heterocycles. The number of non-ortho nitro benzene ring substituents is 1. The zero-order valence-electron chi connectivity index (χ0n) is 18.9. The van der Waals surface area contributed by atoms with Gasteiger partial charge >= 0.3 is 0 Å². The number of benzene rings is 3. The van der Waals surface area contributed by atoms with Gasteiger partial charge in [0.15, 0.2) is 0 Å². The van der Waals surface area contributed by atoms with E-state index in [0.717, 1.165) is 28.2 Å². The van der Waals surface area contributed by atoms with Gasteiger partial charge in [-0.05, 0) is 35.9 Å². The second-order valence-corrected chi connectivity index (χ2v) is 8.12. The number of anilines is 2. The molecule has 174 valence electrons. The quantitative estimate of drug-likeness (QED) is 0.220. The first kappa shape index (κ1) is 22.1. The van der Waals surface area contributed by atoms with Crippen LogP contribution in [0.3, 0.4) is 0 Å². The normalized spacial score (nSPS) is 13.8. The van der Waals surface area contributed by atoms with Gasteiger partial charge in [0.2, 0.25) is 0 Å². The Kier molecular flexibility index (Phi) is 5.60. The second kappa shape index (κ2) is 8.88. The van der Waals surface area contributed by atoms with E-state index in [1.165, 1.54) is 12.1 Å². The van der Waals surface area contributed by atoms with Gasteiger partial charge in [0.25, 0.3) is 11.6 Å². The smallest absolute Gasteiger partial charge is 0.270 e. The van der Waals surface area contributed by atoms with Crippen molar-refractivity contribution in [3.05, 3.63) is 106 Å². The molecule has 3 aromatic carbocycles. The number of imidazole rings is 1. The van der Waals surface area contributed by atoms with Gasteiger partial charge in [-0.2, -0.15) is 0 Å². The molecule has 1 aliphatic rings. The van der Waals surface area contributed by atoms with Gasteiger partial charge < -0.3 is 20.9 Å². The molecule has 0 fully saturated rings. The number of aromatic nitrogens is 2. The Balaban J connectivity index is 1.65. The lowest BCUT2D eigenvalue weighted by molar-refractivity contribution is -0.384. The molecule has 35 heavy (non-hydrogen) atoms. The molecule has 0 atom stereocenters. The molecule has 4 N–H and O–H groups in total. The van der Waals surface area contributed by atoms with E-state index in [0.29, 0.717) is 22.5 Å². The number of nitrogens with two attached hydrogens (primary N) is 1. The number of amides is 1. The second-order valence-electron chi connectivity index (χ2n) is 8.12. The van der Waals surface area contributed by atoms with Crippen molar-refractivity contribution in [2.45, 2.75) is 6.54 Å². The van der Waals surface area contributed by atoms with E-state index in [1.807, 2.05) is 66.3 Å². The van der Waals surface area contributed by atoms with E-state index >= 15 is 0 Å². The van der Waals surface area contributed by atoms with Crippen molar-refractivity contribution in [1.82, 2.24) is 9.55 Å². The summed E-state index contributed by atoms with van der Waals surface area (Å²) in [5, 5.41) is 17.6. The highest BCUT2D eigenvalue weighted by Crippen LogP contribution is 2.40. The lowest BCUT2D eigenvalue weighted by atomic mass is 9.96. The minimum Gasteiger partial charge on any atom is -0.354 e. The highest BCUT2D eigenvalue weighted by Gasteiger charge is 2.30. The summed E-state index contributed by atoms with van der Waals surface area (Å²) in [5.74, 6) is 0.486. The summed E-state index contributed by atoms with van der Waals surface area (Å²) < 4.78 is 1.93. The highest BCUT2D eigenvalue weighted by atomic mass is 16.6. The summed E-state index contributed by atoms with van der Waals surface area (Å²) >= 11 is 0. The third-order valence-corrected chi connectivity index (χ3v) is 5.95. The summed E-state index contributed by atoms with van der Waals surface area (Å²) in [6.45, 7) is 0.260. The maximum absolute atomic E-state index is 13.1. The van der Waals surface area contributed by atoms with Gasteiger partial charge in [-0.3, -0.25) is 14.9 Å². The molecule has 0 radical (unpaired) electrons. The van der Waals surface area contributed by atoms with Crippen molar-refractivity contribution < 1.29 is 9.72 Å². The average molecular weight is 467 g/mol. The Morgan fingerprint density at radius 2 is 1.91 bits per heavy atom. The fourth-order valence-corrected chi connectivity index (χ4v) is 4.21. The molecule has 2 heterocycles. The summed E-state index contributed by atoms with van der Waals surface area (Å²) in [5.41, 5.74) is 11.0. The first-order valence-electron chi connectivity index (χ1n) is 10.9. The maximum atomic E-state index is 13.1. The van der Waals surface area contributed by atoms with Crippen LogP contribution in [-0.4, -0.2) is 20.4 Å². The molecule has 5 rings (SSSR count). The number of carbonyl (C=O) groups is 1. The van der Waals surface area contributed by atoms with Crippen LogP contribution in [0, 0.1) is 10.1 Å². The Hall–Kier alpha value is -4.76. The van der Waals surface area contributed by atoms with Crippen LogP contribution in [0.5, 0.6) is 0 Å². The van der Waals surface area contributed by atoms with Gasteiger partial charge in [0.1, 0.15) is 5.82 Å². The Morgan fingerprint density at radius 3 is 2.60 bits per heavy atom. The van der Waals surface area contributed by atoms with Gasteiger partial charge in [0, 0.05) is 66.2 Å². The summed E-state index contributed by atoms with van der Waals surface area (Å²) in [6, 6.07) is 19.5. The Bertz CT molecular complexity index is 1490. The van der Waals surface area contributed by atoms with Crippen LogP contribution < -0.4 is 16.4 Å².